The summed E-state index contributed by atoms with van der Waals surface area (Å²) in [5, 5.41) is 7.72. The highest BCUT2D eigenvalue weighted by molar-refractivity contribution is 5.81. The summed E-state index contributed by atoms with van der Waals surface area (Å²) in [4.78, 5) is 11.9. The van der Waals surface area contributed by atoms with Crippen LogP contribution in [0.15, 0.2) is 6.07 Å². The number of aromatic nitrogens is 2. The first-order chi connectivity index (χ1) is 8.19. The molecule has 1 fully saturated rings. The van der Waals surface area contributed by atoms with Crippen LogP contribution in [-0.2, 0) is 24.7 Å². The molecule has 0 spiro atoms. The minimum Gasteiger partial charge on any atom is -0.314 e. The van der Waals surface area contributed by atoms with Crippen molar-refractivity contribution in [1.82, 2.24) is 15.1 Å². The predicted octanol–water partition coefficient (Wildman–Crippen LogP) is 1.24. The van der Waals surface area contributed by atoms with Gasteiger partial charge in [-0.25, -0.2) is 0 Å². The number of carbonyl (C=O) groups excluding carboxylic acids is 1. The van der Waals surface area contributed by atoms with Gasteiger partial charge >= 0.3 is 0 Å². The first-order valence-corrected chi connectivity index (χ1v) is 6.46. The van der Waals surface area contributed by atoms with E-state index in [1.807, 2.05) is 17.8 Å². The Hall–Kier alpha value is -1.16. The monoisotopic (exact) mass is 235 g/mol. The Bertz CT molecular complexity index is 391. The van der Waals surface area contributed by atoms with E-state index in [-0.39, 0.29) is 0 Å². The summed E-state index contributed by atoms with van der Waals surface area (Å²) < 4.78 is 1.83. The maximum atomic E-state index is 11.9. The molecule has 0 aromatic carbocycles. The van der Waals surface area contributed by atoms with E-state index in [1.165, 1.54) is 6.42 Å². The molecule has 1 aliphatic heterocycles. The van der Waals surface area contributed by atoms with Gasteiger partial charge in [-0.15, -0.1) is 0 Å². The number of hydrogen-bond acceptors (Lipinski definition) is 3. The number of hydrogen-bond donors (Lipinski definition) is 1. The van der Waals surface area contributed by atoms with E-state index in [9.17, 15) is 4.79 Å². The second kappa shape index (κ2) is 5.45. The molecule has 4 nitrogen and oxygen atoms in total. The van der Waals surface area contributed by atoms with Crippen molar-refractivity contribution in [2.45, 2.75) is 45.1 Å². The third kappa shape index (κ3) is 3.16. The number of rotatable bonds is 5. The summed E-state index contributed by atoms with van der Waals surface area (Å²) in [6.45, 7) is 3.14. The van der Waals surface area contributed by atoms with Gasteiger partial charge in [-0.05, 0) is 31.9 Å². The molecule has 1 aromatic rings. The molecule has 17 heavy (non-hydrogen) atoms. The normalized spacial score (nSPS) is 19.8. The van der Waals surface area contributed by atoms with Crippen molar-refractivity contribution in [2.24, 2.45) is 7.05 Å². The van der Waals surface area contributed by atoms with E-state index in [0.717, 1.165) is 30.8 Å². The van der Waals surface area contributed by atoms with Crippen LogP contribution in [0.1, 0.15) is 37.6 Å². The lowest BCUT2D eigenvalue weighted by Gasteiger charge is -2.08. The molecule has 2 heterocycles. The summed E-state index contributed by atoms with van der Waals surface area (Å²) in [5.74, 6) is 0.315. The minimum atomic E-state index is 0.315. The fraction of sp³-hybridized carbons (Fsp3) is 0.692. The Morgan fingerprint density at radius 3 is 3.06 bits per heavy atom. The highest BCUT2D eigenvalue weighted by Gasteiger charge is 2.18. The average Bonchev–Trinajstić information content (AvgIpc) is 2.89. The maximum absolute atomic E-state index is 11.9. The molecule has 1 unspecified atom stereocenters. The third-order valence-corrected chi connectivity index (χ3v) is 3.40. The summed E-state index contributed by atoms with van der Waals surface area (Å²) in [6, 6.07) is 2.45. The quantitative estimate of drug-likeness (QED) is 0.835. The molecular weight excluding hydrogens is 214 g/mol. The molecule has 0 amide bonds. The van der Waals surface area contributed by atoms with E-state index in [1.54, 1.807) is 0 Å². The predicted molar refractivity (Wildman–Crippen MR) is 66.9 cm³/mol. The van der Waals surface area contributed by atoms with Gasteiger partial charge in [0.2, 0.25) is 0 Å². The van der Waals surface area contributed by atoms with Crippen molar-refractivity contribution < 1.29 is 4.79 Å². The van der Waals surface area contributed by atoms with Gasteiger partial charge in [0.05, 0.1) is 5.69 Å². The van der Waals surface area contributed by atoms with Crippen molar-refractivity contribution in [2.75, 3.05) is 6.54 Å². The van der Waals surface area contributed by atoms with Gasteiger partial charge in [0.15, 0.2) is 0 Å². The van der Waals surface area contributed by atoms with Crippen molar-refractivity contribution in [3.63, 3.8) is 0 Å². The van der Waals surface area contributed by atoms with Gasteiger partial charge < -0.3 is 5.32 Å². The highest BCUT2D eigenvalue weighted by Crippen LogP contribution is 2.12. The van der Waals surface area contributed by atoms with Gasteiger partial charge in [-0.3, -0.25) is 9.48 Å². The lowest BCUT2D eigenvalue weighted by Crippen LogP contribution is -2.25. The summed E-state index contributed by atoms with van der Waals surface area (Å²) >= 11 is 0. The lowest BCUT2D eigenvalue weighted by molar-refractivity contribution is -0.118. The first-order valence-electron chi connectivity index (χ1n) is 6.46. The van der Waals surface area contributed by atoms with Gasteiger partial charge in [0.25, 0.3) is 0 Å². The standard InChI is InChI=1S/C13H21N3O/c1-3-10-7-12(16(2)15-10)9-13(17)8-11-5-4-6-14-11/h7,11,14H,3-6,8-9H2,1-2H3. The van der Waals surface area contributed by atoms with E-state index < -0.39 is 0 Å². The van der Waals surface area contributed by atoms with Crippen LogP contribution < -0.4 is 5.32 Å². The summed E-state index contributed by atoms with van der Waals surface area (Å²) in [5.41, 5.74) is 2.10. The van der Waals surface area contributed by atoms with Crippen molar-refractivity contribution >= 4 is 5.78 Å². The highest BCUT2D eigenvalue weighted by atomic mass is 16.1. The Labute approximate surface area is 102 Å². The zero-order valence-corrected chi connectivity index (χ0v) is 10.7. The second-order valence-corrected chi connectivity index (χ2v) is 4.82. The number of ketones is 1. The van der Waals surface area contributed by atoms with Crippen LogP contribution in [0.4, 0.5) is 0 Å². The van der Waals surface area contributed by atoms with E-state index >= 15 is 0 Å². The molecule has 1 aromatic heterocycles. The zero-order chi connectivity index (χ0) is 12.3. The molecule has 1 aliphatic rings. The van der Waals surface area contributed by atoms with Crippen molar-refractivity contribution in [3.8, 4) is 0 Å². The number of Topliss-reactive ketones (excluding diaryl/α,β-unsaturated/α-hetero) is 1. The molecule has 94 valence electrons. The minimum absolute atomic E-state index is 0.315. The average molecular weight is 235 g/mol. The number of nitrogens with one attached hydrogen (secondary N) is 1. The molecule has 2 rings (SSSR count). The Kier molecular flexibility index (Phi) is 3.94. The Balaban J connectivity index is 1.90. The molecule has 1 saturated heterocycles. The molecule has 1 N–H and O–H groups in total. The molecule has 1 atom stereocenters. The molecule has 0 radical (unpaired) electrons. The second-order valence-electron chi connectivity index (χ2n) is 4.82. The molecular formula is C13H21N3O. The fourth-order valence-electron chi connectivity index (χ4n) is 2.39. The Morgan fingerprint density at radius 1 is 1.65 bits per heavy atom. The van der Waals surface area contributed by atoms with Crippen molar-refractivity contribution in [1.29, 1.82) is 0 Å². The van der Waals surface area contributed by atoms with Crippen LogP contribution in [0.2, 0.25) is 0 Å². The maximum Gasteiger partial charge on any atom is 0.140 e. The zero-order valence-electron chi connectivity index (χ0n) is 10.7. The summed E-state index contributed by atoms with van der Waals surface area (Å²) in [6.07, 6.45) is 4.43. The number of nitrogens with zero attached hydrogens (tertiary/aromatic N) is 2. The van der Waals surface area contributed by atoms with Gasteiger partial charge in [-0.1, -0.05) is 6.92 Å². The topological polar surface area (TPSA) is 46.9 Å². The molecule has 0 bridgehead atoms. The van der Waals surface area contributed by atoms with Gasteiger partial charge in [0, 0.05) is 31.6 Å². The van der Waals surface area contributed by atoms with Crippen LogP contribution in [0.3, 0.4) is 0 Å². The molecule has 0 aliphatic carbocycles. The van der Waals surface area contributed by atoms with Gasteiger partial charge in [-0.2, -0.15) is 5.10 Å². The largest absolute Gasteiger partial charge is 0.314 e. The van der Waals surface area contributed by atoms with Crippen LogP contribution in [0.25, 0.3) is 0 Å². The third-order valence-electron chi connectivity index (χ3n) is 3.40. The first kappa shape index (κ1) is 12.3. The van der Waals surface area contributed by atoms with E-state index in [2.05, 4.69) is 17.3 Å². The fourth-order valence-corrected chi connectivity index (χ4v) is 2.39. The van der Waals surface area contributed by atoms with E-state index in [4.69, 9.17) is 0 Å². The van der Waals surface area contributed by atoms with Gasteiger partial charge in [0.1, 0.15) is 5.78 Å². The van der Waals surface area contributed by atoms with Crippen LogP contribution in [-0.4, -0.2) is 28.2 Å². The Morgan fingerprint density at radius 2 is 2.47 bits per heavy atom. The lowest BCUT2D eigenvalue weighted by atomic mass is 10.1. The van der Waals surface area contributed by atoms with Crippen molar-refractivity contribution in [3.05, 3.63) is 17.5 Å². The summed E-state index contributed by atoms with van der Waals surface area (Å²) in [7, 11) is 1.91. The number of carbonyl (C=O) groups is 1. The molecule has 4 heteroatoms. The van der Waals surface area contributed by atoms with E-state index in [0.29, 0.717) is 24.7 Å². The smallest absolute Gasteiger partial charge is 0.140 e. The van der Waals surface area contributed by atoms with Crippen LogP contribution in [0.5, 0.6) is 0 Å². The SMILES string of the molecule is CCc1cc(CC(=O)CC2CCCN2)n(C)n1. The number of aryl methyl sites for hydroxylation is 2. The van der Waals surface area contributed by atoms with Crippen LogP contribution in [0, 0.1) is 0 Å². The molecule has 0 saturated carbocycles. The van der Waals surface area contributed by atoms with Crippen LogP contribution >= 0.6 is 0 Å².